The summed E-state index contributed by atoms with van der Waals surface area (Å²) in [4.78, 5) is 3.09. The van der Waals surface area contributed by atoms with Crippen LogP contribution < -0.4 is 0 Å². The summed E-state index contributed by atoms with van der Waals surface area (Å²) in [6.45, 7) is 0. The number of rotatable bonds is 0. The van der Waals surface area contributed by atoms with E-state index in [2.05, 4.69) is 4.98 Å². The summed E-state index contributed by atoms with van der Waals surface area (Å²) < 4.78 is -0.724. The molecule has 0 aromatic carbocycles. The molecular formula is C8H7Cl2N. The van der Waals surface area contributed by atoms with Crippen molar-refractivity contribution in [1.29, 1.82) is 0 Å². The molecule has 0 atom stereocenters. The van der Waals surface area contributed by atoms with Crippen LogP contribution in [-0.4, -0.2) is 9.32 Å². The molecule has 2 rings (SSSR count). The maximum Gasteiger partial charge on any atom is 0.142 e. The lowest BCUT2D eigenvalue weighted by molar-refractivity contribution is 0.891. The number of fused-ring (bicyclic) bond motifs is 1. The van der Waals surface area contributed by atoms with Gasteiger partial charge in [0.15, 0.2) is 0 Å². The molecule has 1 heterocycles. The first-order valence-corrected chi connectivity index (χ1v) is 4.16. The first kappa shape index (κ1) is 7.26. The smallest absolute Gasteiger partial charge is 0.142 e. The average Bonchev–Trinajstić information content (AvgIpc) is 2.31. The number of halogens is 2. The van der Waals surface area contributed by atoms with Crippen LogP contribution in [0.4, 0.5) is 0 Å². The van der Waals surface area contributed by atoms with Gasteiger partial charge in [0.25, 0.3) is 0 Å². The summed E-state index contributed by atoms with van der Waals surface area (Å²) in [6, 6.07) is 2.01. The van der Waals surface area contributed by atoms with Crippen LogP contribution in [0, 0.1) is 0 Å². The Morgan fingerprint density at radius 1 is 1.45 bits per heavy atom. The Hall–Kier alpha value is -0.400. The molecule has 11 heavy (non-hydrogen) atoms. The Bertz CT molecular complexity index is 299. The second kappa shape index (κ2) is 2.29. The van der Waals surface area contributed by atoms with Gasteiger partial charge in [-0.15, -0.1) is 0 Å². The molecule has 0 unspecified atom stereocenters. The number of hydrogen-bond donors (Lipinski definition) is 1. The van der Waals surface area contributed by atoms with Crippen molar-refractivity contribution < 1.29 is 0 Å². The van der Waals surface area contributed by atoms with Gasteiger partial charge in [0.05, 0.1) is 0 Å². The van der Waals surface area contributed by atoms with E-state index in [4.69, 9.17) is 23.2 Å². The quantitative estimate of drug-likeness (QED) is 0.602. The van der Waals surface area contributed by atoms with Crippen LogP contribution in [-0.2, 0) is 6.42 Å². The van der Waals surface area contributed by atoms with E-state index in [0.29, 0.717) is 6.42 Å². The Kier molecular flexibility index (Phi) is 1.51. The van der Waals surface area contributed by atoms with Gasteiger partial charge in [-0.25, -0.2) is 0 Å². The fourth-order valence-electron chi connectivity index (χ4n) is 1.23. The van der Waals surface area contributed by atoms with Gasteiger partial charge in [-0.3, -0.25) is 0 Å². The molecule has 1 aromatic rings. The zero-order valence-corrected chi connectivity index (χ0v) is 7.28. The lowest BCUT2D eigenvalue weighted by Gasteiger charge is -2.18. The van der Waals surface area contributed by atoms with Gasteiger partial charge in [-0.2, -0.15) is 0 Å². The van der Waals surface area contributed by atoms with E-state index in [1.165, 1.54) is 5.56 Å². The van der Waals surface area contributed by atoms with Gasteiger partial charge in [0.2, 0.25) is 0 Å². The van der Waals surface area contributed by atoms with Gasteiger partial charge in [-0.1, -0.05) is 29.3 Å². The second-order valence-corrected chi connectivity index (χ2v) is 4.23. The molecule has 58 valence electrons. The van der Waals surface area contributed by atoms with E-state index >= 15 is 0 Å². The highest BCUT2D eigenvalue weighted by Crippen LogP contribution is 2.33. The summed E-state index contributed by atoms with van der Waals surface area (Å²) in [5, 5.41) is 0. The van der Waals surface area contributed by atoms with Gasteiger partial charge < -0.3 is 4.98 Å². The van der Waals surface area contributed by atoms with Crippen molar-refractivity contribution in [3.8, 4) is 0 Å². The summed E-state index contributed by atoms with van der Waals surface area (Å²) in [7, 11) is 0. The summed E-state index contributed by atoms with van der Waals surface area (Å²) in [5.41, 5.74) is 2.29. The molecule has 1 nitrogen and oxygen atoms in total. The number of aromatic nitrogens is 1. The first-order valence-electron chi connectivity index (χ1n) is 3.41. The number of allylic oxidation sites excluding steroid dienone is 1. The molecule has 0 saturated heterocycles. The monoisotopic (exact) mass is 187 g/mol. The third-order valence-corrected chi connectivity index (χ3v) is 2.31. The minimum atomic E-state index is -0.724. The van der Waals surface area contributed by atoms with E-state index in [0.717, 1.165) is 5.69 Å². The van der Waals surface area contributed by atoms with Crippen LogP contribution in [0.2, 0.25) is 0 Å². The highest BCUT2D eigenvalue weighted by Gasteiger charge is 2.25. The van der Waals surface area contributed by atoms with Crippen molar-refractivity contribution in [1.82, 2.24) is 4.98 Å². The van der Waals surface area contributed by atoms with Crippen LogP contribution in [0.1, 0.15) is 11.3 Å². The minimum Gasteiger partial charge on any atom is -0.364 e. The molecule has 1 N–H and O–H groups in total. The molecule has 0 aliphatic heterocycles. The van der Waals surface area contributed by atoms with Gasteiger partial charge in [0, 0.05) is 18.3 Å². The molecule has 0 radical (unpaired) electrons. The predicted octanol–water partition coefficient (Wildman–Crippen LogP) is 2.76. The highest BCUT2D eigenvalue weighted by atomic mass is 35.5. The highest BCUT2D eigenvalue weighted by molar-refractivity contribution is 6.50. The fraction of sp³-hybridized carbons (Fsp3) is 0.250. The van der Waals surface area contributed by atoms with E-state index < -0.39 is 4.33 Å². The molecule has 1 aromatic heterocycles. The van der Waals surface area contributed by atoms with E-state index in [9.17, 15) is 0 Å². The molecule has 0 fully saturated rings. The predicted molar refractivity (Wildman–Crippen MR) is 48.0 cm³/mol. The normalized spacial score (nSPS) is 19.8. The van der Waals surface area contributed by atoms with Crippen LogP contribution in [0.25, 0.3) is 6.08 Å². The number of hydrogen-bond acceptors (Lipinski definition) is 0. The third kappa shape index (κ3) is 1.31. The van der Waals surface area contributed by atoms with Crippen molar-refractivity contribution in [3.05, 3.63) is 29.6 Å². The van der Waals surface area contributed by atoms with Crippen molar-refractivity contribution in [2.24, 2.45) is 0 Å². The lowest BCUT2D eigenvalue weighted by Crippen LogP contribution is -2.16. The summed E-state index contributed by atoms with van der Waals surface area (Å²) >= 11 is 11.8. The molecule has 1 aliphatic rings. The Balaban J connectivity index is 2.44. The molecule has 0 bridgehead atoms. The van der Waals surface area contributed by atoms with Crippen LogP contribution in [0.3, 0.4) is 0 Å². The van der Waals surface area contributed by atoms with Crippen molar-refractivity contribution in [2.45, 2.75) is 10.8 Å². The zero-order chi connectivity index (χ0) is 7.90. The number of H-pyrrole nitrogens is 1. The largest absolute Gasteiger partial charge is 0.364 e. The Labute approximate surface area is 75.0 Å². The van der Waals surface area contributed by atoms with E-state index in [-0.39, 0.29) is 0 Å². The minimum absolute atomic E-state index is 0.662. The second-order valence-electron chi connectivity index (χ2n) is 2.68. The third-order valence-electron chi connectivity index (χ3n) is 1.79. The topological polar surface area (TPSA) is 15.8 Å². The van der Waals surface area contributed by atoms with Gasteiger partial charge >= 0.3 is 0 Å². The maximum absolute atomic E-state index is 5.92. The van der Waals surface area contributed by atoms with Crippen molar-refractivity contribution in [2.75, 3.05) is 0 Å². The maximum atomic E-state index is 5.92. The molecular weight excluding hydrogens is 181 g/mol. The Morgan fingerprint density at radius 3 is 3.09 bits per heavy atom. The van der Waals surface area contributed by atoms with E-state index in [1.54, 1.807) is 0 Å². The van der Waals surface area contributed by atoms with Crippen LogP contribution in [0.5, 0.6) is 0 Å². The molecule has 0 amide bonds. The number of alkyl halides is 2. The molecule has 0 saturated carbocycles. The number of aromatic amines is 1. The molecule has 0 spiro atoms. The lowest BCUT2D eigenvalue weighted by atomic mass is 10.1. The van der Waals surface area contributed by atoms with Crippen molar-refractivity contribution in [3.63, 3.8) is 0 Å². The number of nitrogens with one attached hydrogen (secondary N) is 1. The standard InChI is InChI=1S/C8H7Cl2N/c9-8(10)3-1-6-2-4-11-7(6)5-8/h1-4,11H,5H2. The first-order chi connectivity index (χ1) is 5.17. The van der Waals surface area contributed by atoms with Crippen molar-refractivity contribution >= 4 is 29.3 Å². The average molecular weight is 188 g/mol. The molecule has 1 aliphatic carbocycles. The van der Waals surface area contributed by atoms with Crippen LogP contribution in [0.15, 0.2) is 18.3 Å². The van der Waals surface area contributed by atoms with Gasteiger partial charge in [-0.05, 0) is 17.7 Å². The summed E-state index contributed by atoms with van der Waals surface area (Å²) in [5.74, 6) is 0. The SMILES string of the molecule is ClC1(Cl)C=Cc2cc[nH]c2C1. The fourth-order valence-corrected chi connectivity index (χ4v) is 1.62. The molecule has 3 heteroatoms. The van der Waals surface area contributed by atoms with Crippen LogP contribution >= 0.6 is 23.2 Å². The Morgan fingerprint density at radius 2 is 2.27 bits per heavy atom. The van der Waals surface area contributed by atoms with E-state index in [1.807, 2.05) is 24.4 Å². The zero-order valence-electron chi connectivity index (χ0n) is 5.77. The summed E-state index contributed by atoms with van der Waals surface area (Å²) in [6.07, 6.45) is 6.31. The van der Waals surface area contributed by atoms with Gasteiger partial charge in [0.1, 0.15) is 4.33 Å².